The van der Waals surface area contributed by atoms with Crippen LogP contribution in [0.2, 0.25) is 0 Å². The molecule has 78 valence electrons. The second-order valence-electron chi connectivity index (χ2n) is 3.48. The van der Waals surface area contributed by atoms with Crippen molar-refractivity contribution >= 4 is 0 Å². The van der Waals surface area contributed by atoms with E-state index in [0.29, 0.717) is 0 Å². The van der Waals surface area contributed by atoms with Gasteiger partial charge in [-0.25, -0.2) is 0 Å². The lowest BCUT2D eigenvalue weighted by molar-refractivity contribution is 0.284. The van der Waals surface area contributed by atoms with E-state index in [2.05, 4.69) is 12.1 Å². The minimum absolute atomic E-state index is 0.287. The van der Waals surface area contributed by atoms with Gasteiger partial charge in [-0.05, 0) is 43.4 Å². The summed E-state index contributed by atoms with van der Waals surface area (Å²) >= 11 is 0. The van der Waals surface area contributed by atoms with Gasteiger partial charge in [0.2, 0.25) is 0 Å². The molecule has 0 aliphatic rings. The molecular weight excluding hydrogens is 176 g/mol. The maximum atomic E-state index is 8.66. The summed E-state index contributed by atoms with van der Waals surface area (Å²) in [5.74, 6) is 0.941. The van der Waals surface area contributed by atoms with Crippen molar-refractivity contribution in [2.45, 2.75) is 26.2 Å². The predicted molar refractivity (Wildman–Crippen MR) is 57.8 cm³/mol. The van der Waals surface area contributed by atoms with Crippen LogP contribution in [-0.4, -0.2) is 18.8 Å². The summed E-state index contributed by atoms with van der Waals surface area (Å²) < 4.78 is 5.19. The molecule has 1 N–H and O–H groups in total. The Balaban J connectivity index is 2.57. The van der Waals surface area contributed by atoms with Gasteiger partial charge >= 0.3 is 0 Å². The lowest BCUT2D eigenvalue weighted by Crippen LogP contribution is -1.92. The van der Waals surface area contributed by atoms with Gasteiger partial charge in [0.1, 0.15) is 5.75 Å². The molecule has 0 spiro atoms. The SMILES string of the molecule is COc1ccc(CCCCO)cc1C. The highest BCUT2D eigenvalue weighted by atomic mass is 16.5. The summed E-state index contributed by atoms with van der Waals surface area (Å²) in [6, 6.07) is 6.24. The molecule has 0 saturated heterocycles. The molecule has 2 nitrogen and oxygen atoms in total. The number of hydrogen-bond donors (Lipinski definition) is 1. The molecule has 2 heteroatoms. The normalized spacial score (nSPS) is 10.2. The summed E-state index contributed by atoms with van der Waals surface area (Å²) in [5, 5.41) is 8.66. The third-order valence-corrected chi connectivity index (χ3v) is 2.33. The fourth-order valence-corrected chi connectivity index (χ4v) is 1.54. The Kier molecular flexibility index (Phi) is 4.47. The van der Waals surface area contributed by atoms with E-state index in [0.717, 1.165) is 25.0 Å². The topological polar surface area (TPSA) is 29.5 Å². The van der Waals surface area contributed by atoms with Crippen molar-refractivity contribution in [3.8, 4) is 5.75 Å². The number of aliphatic hydroxyl groups is 1. The molecule has 0 aromatic heterocycles. The van der Waals surface area contributed by atoms with Crippen LogP contribution in [0.5, 0.6) is 5.75 Å². The number of hydrogen-bond acceptors (Lipinski definition) is 2. The minimum Gasteiger partial charge on any atom is -0.496 e. The van der Waals surface area contributed by atoms with Crippen LogP contribution >= 0.6 is 0 Å². The van der Waals surface area contributed by atoms with Crippen LogP contribution < -0.4 is 4.74 Å². The summed E-state index contributed by atoms with van der Waals surface area (Å²) in [7, 11) is 1.69. The van der Waals surface area contributed by atoms with Gasteiger partial charge in [-0.2, -0.15) is 0 Å². The quantitative estimate of drug-likeness (QED) is 0.729. The van der Waals surface area contributed by atoms with Gasteiger partial charge in [-0.3, -0.25) is 0 Å². The zero-order chi connectivity index (χ0) is 10.4. The lowest BCUT2D eigenvalue weighted by atomic mass is 10.1. The van der Waals surface area contributed by atoms with Crippen LogP contribution in [0.15, 0.2) is 18.2 Å². The number of ether oxygens (including phenoxy) is 1. The average molecular weight is 194 g/mol. The molecule has 0 amide bonds. The second kappa shape index (κ2) is 5.66. The van der Waals surface area contributed by atoms with Crippen molar-refractivity contribution in [2.24, 2.45) is 0 Å². The maximum absolute atomic E-state index is 8.66. The third-order valence-electron chi connectivity index (χ3n) is 2.33. The van der Waals surface area contributed by atoms with Gasteiger partial charge in [-0.15, -0.1) is 0 Å². The highest BCUT2D eigenvalue weighted by Gasteiger charge is 1.99. The van der Waals surface area contributed by atoms with Crippen molar-refractivity contribution in [1.82, 2.24) is 0 Å². The number of methoxy groups -OCH3 is 1. The van der Waals surface area contributed by atoms with Gasteiger partial charge in [0.05, 0.1) is 7.11 Å². The number of rotatable bonds is 5. The first-order valence-corrected chi connectivity index (χ1v) is 5.02. The Morgan fingerprint density at radius 1 is 1.29 bits per heavy atom. The molecule has 0 saturated carbocycles. The van der Waals surface area contributed by atoms with Crippen LogP contribution in [0.4, 0.5) is 0 Å². The van der Waals surface area contributed by atoms with E-state index < -0.39 is 0 Å². The molecule has 0 unspecified atom stereocenters. The highest BCUT2D eigenvalue weighted by molar-refractivity contribution is 5.36. The molecule has 1 rings (SSSR count). The van der Waals surface area contributed by atoms with E-state index in [4.69, 9.17) is 9.84 Å². The summed E-state index contributed by atoms with van der Waals surface area (Å²) in [6.07, 6.45) is 2.96. The average Bonchev–Trinajstić information content (AvgIpc) is 2.18. The smallest absolute Gasteiger partial charge is 0.121 e. The Morgan fingerprint density at radius 2 is 2.07 bits per heavy atom. The molecule has 1 aromatic rings. The summed E-state index contributed by atoms with van der Waals surface area (Å²) in [4.78, 5) is 0. The molecule has 0 fully saturated rings. The number of benzene rings is 1. The van der Waals surface area contributed by atoms with Gasteiger partial charge in [-0.1, -0.05) is 12.1 Å². The molecule has 0 aliphatic carbocycles. The molecule has 0 heterocycles. The first-order valence-electron chi connectivity index (χ1n) is 5.02. The third kappa shape index (κ3) is 3.04. The van der Waals surface area contributed by atoms with Crippen LogP contribution in [0, 0.1) is 6.92 Å². The number of aryl methyl sites for hydroxylation is 2. The van der Waals surface area contributed by atoms with Gasteiger partial charge in [0.25, 0.3) is 0 Å². The maximum Gasteiger partial charge on any atom is 0.121 e. The van der Waals surface area contributed by atoms with Crippen LogP contribution in [0.25, 0.3) is 0 Å². The summed E-state index contributed by atoms with van der Waals surface area (Å²) in [5.41, 5.74) is 2.49. The first kappa shape index (κ1) is 11.1. The van der Waals surface area contributed by atoms with E-state index in [-0.39, 0.29) is 6.61 Å². The van der Waals surface area contributed by atoms with Crippen molar-refractivity contribution in [3.63, 3.8) is 0 Å². The molecule has 0 bridgehead atoms. The van der Waals surface area contributed by atoms with E-state index in [9.17, 15) is 0 Å². The standard InChI is InChI=1S/C12H18O2/c1-10-9-11(5-3-4-8-13)6-7-12(10)14-2/h6-7,9,13H,3-5,8H2,1-2H3. The van der Waals surface area contributed by atoms with Crippen molar-refractivity contribution in [2.75, 3.05) is 13.7 Å². The van der Waals surface area contributed by atoms with Gasteiger partial charge in [0, 0.05) is 6.61 Å². The Hall–Kier alpha value is -1.02. The van der Waals surface area contributed by atoms with E-state index in [1.54, 1.807) is 7.11 Å². The zero-order valence-electron chi connectivity index (χ0n) is 8.92. The van der Waals surface area contributed by atoms with E-state index >= 15 is 0 Å². The largest absolute Gasteiger partial charge is 0.496 e. The molecule has 0 aliphatic heterocycles. The fraction of sp³-hybridized carbons (Fsp3) is 0.500. The van der Waals surface area contributed by atoms with Crippen molar-refractivity contribution in [1.29, 1.82) is 0 Å². The zero-order valence-corrected chi connectivity index (χ0v) is 8.92. The lowest BCUT2D eigenvalue weighted by Gasteiger charge is -2.06. The van der Waals surface area contributed by atoms with Crippen molar-refractivity contribution < 1.29 is 9.84 Å². The highest BCUT2D eigenvalue weighted by Crippen LogP contribution is 2.19. The Labute approximate surface area is 85.5 Å². The molecule has 1 aromatic carbocycles. The van der Waals surface area contributed by atoms with Crippen LogP contribution in [-0.2, 0) is 6.42 Å². The van der Waals surface area contributed by atoms with Crippen LogP contribution in [0.1, 0.15) is 24.0 Å². The Morgan fingerprint density at radius 3 is 2.64 bits per heavy atom. The molecule has 14 heavy (non-hydrogen) atoms. The minimum atomic E-state index is 0.287. The first-order chi connectivity index (χ1) is 6.77. The molecule has 0 atom stereocenters. The fourth-order valence-electron chi connectivity index (χ4n) is 1.54. The van der Waals surface area contributed by atoms with Gasteiger partial charge in [0.15, 0.2) is 0 Å². The van der Waals surface area contributed by atoms with Gasteiger partial charge < -0.3 is 9.84 Å². The second-order valence-corrected chi connectivity index (χ2v) is 3.48. The Bertz CT molecular complexity index is 282. The molecule has 0 radical (unpaired) electrons. The van der Waals surface area contributed by atoms with Crippen molar-refractivity contribution in [3.05, 3.63) is 29.3 Å². The number of aliphatic hydroxyl groups excluding tert-OH is 1. The van der Waals surface area contributed by atoms with E-state index in [1.807, 2.05) is 13.0 Å². The van der Waals surface area contributed by atoms with Crippen LogP contribution in [0.3, 0.4) is 0 Å². The monoisotopic (exact) mass is 194 g/mol. The molecular formula is C12H18O2. The summed E-state index contributed by atoms with van der Waals surface area (Å²) in [6.45, 7) is 2.34. The number of unbranched alkanes of at least 4 members (excludes halogenated alkanes) is 1. The van der Waals surface area contributed by atoms with E-state index in [1.165, 1.54) is 11.1 Å². The predicted octanol–water partition coefficient (Wildman–Crippen LogP) is 2.32.